The van der Waals surface area contributed by atoms with Gasteiger partial charge < -0.3 is 15.2 Å². The third kappa shape index (κ3) is 2.46. The molecular weight excluding hydrogens is 311 g/mol. The lowest BCUT2D eigenvalue weighted by atomic mass is 10.3. The second kappa shape index (κ2) is 4.72. The smallest absolute Gasteiger partial charge is 0.394 e. The first kappa shape index (κ1) is 13.9. The first-order valence-electron chi connectivity index (χ1n) is 5.88. The fourth-order valence-corrected chi connectivity index (χ4v) is 2.29. The van der Waals surface area contributed by atoms with Gasteiger partial charge in [-0.25, -0.2) is 4.98 Å². The molecule has 0 unspecified atom stereocenters. The molecule has 2 aromatic rings. The van der Waals surface area contributed by atoms with Gasteiger partial charge in [-0.2, -0.15) is 18.2 Å². The zero-order chi connectivity index (χ0) is 15.2. The number of rotatable bonds is 1. The fraction of sp³-hybridized carbons (Fsp3) is 0.400. The summed E-state index contributed by atoms with van der Waals surface area (Å²) in [7, 11) is 0. The summed E-state index contributed by atoms with van der Waals surface area (Å²) in [4.78, 5) is 9.42. The van der Waals surface area contributed by atoms with Crippen LogP contribution in [0.3, 0.4) is 0 Å². The van der Waals surface area contributed by atoms with Gasteiger partial charge in [-0.3, -0.25) is 0 Å². The van der Waals surface area contributed by atoms with Crippen molar-refractivity contribution in [2.24, 2.45) is 0 Å². The molecule has 7 nitrogen and oxygen atoms in total. The predicted molar refractivity (Wildman–Crippen MR) is 67.5 cm³/mol. The van der Waals surface area contributed by atoms with Crippen LogP contribution in [0.2, 0.25) is 5.28 Å². The Labute approximate surface area is 121 Å². The van der Waals surface area contributed by atoms with Crippen LogP contribution in [-0.4, -0.2) is 31.3 Å². The van der Waals surface area contributed by atoms with Crippen LogP contribution in [0.15, 0.2) is 6.20 Å². The van der Waals surface area contributed by atoms with Gasteiger partial charge in [-0.15, -0.1) is 10.2 Å². The zero-order valence-electron chi connectivity index (χ0n) is 10.5. The average Bonchev–Trinajstić information content (AvgIpc) is 2.84. The summed E-state index contributed by atoms with van der Waals surface area (Å²) in [5.41, 5.74) is 6.06. The lowest BCUT2D eigenvalue weighted by Gasteiger charge is -2.29. The fourth-order valence-electron chi connectivity index (χ4n) is 2.16. The molecule has 0 saturated heterocycles. The van der Waals surface area contributed by atoms with Crippen LogP contribution in [0.4, 0.5) is 24.7 Å². The quantitative estimate of drug-likeness (QED) is 0.798. The number of halogens is 4. The van der Waals surface area contributed by atoms with Crippen molar-refractivity contribution in [3.8, 4) is 0 Å². The number of anilines is 2. The number of nitrogens with two attached hydrogens (primary N) is 1. The highest BCUT2D eigenvalue weighted by atomic mass is 35.5. The highest BCUT2D eigenvalue weighted by molar-refractivity contribution is 6.28. The Bertz CT molecular complexity index is 684. The van der Waals surface area contributed by atoms with E-state index in [4.69, 9.17) is 17.3 Å². The summed E-state index contributed by atoms with van der Waals surface area (Å²) in [6.07, 6.45) is -3.17. The van der Waals surface area contributed by atoms with Crippen LogP contribution in [0.1, 0.15) is 11.6 Å². The third-order valence-electron chi connectivity index (χ3n) is 3.07. The van der Waals surface area contributed by atoms with Crippen molar-refractivity contribution >= 4 is 23.1 Å². The SMILES string of the molecule is Nc1cnc(Cl)nc1N1CCn2c(nnc2C(F)(F)F)C1. The van der Waals surface area contributed by atoms with Gasteiger partial charge in [-0.05, 0) is 11.6 Å². The van der Waals surface area contributed by atoms with E-state index in [2.05, 4.69) is 20.2 Å². The van der Waals surface area contributed by atoms with Crippen LogP contribution in [0.5, 0.6) is 0 Å². The van der Waals surface area contributed by atoms with Crippen LogP contribution in [0, 0.1) is 0 Å². The summed E-state index contributed by atoms with van der Waals surface area (Å²) >= 11 is 5.71. The van der Waals surface area contributed by atoms with Crippen molar-refractivity contribution in [3.63, 3.8) is 0 Å². The van der Waals surface area contributed by atoms with Crippen molar-refractivity contribution in [2.75, 3.05) is 17.2 Å². The van der Waals surface area contributed by atoms with Crippen molar-refractivity contribution in [1.29, 1.82) is 0 Å². The van der Waals surface area contributed by atoms with Crippen molar-refractivity contribution in [2.45, 2.75) is 19.3 Å². The average molecular weight is 320 g/mol. The monoisotopic (exact) mass is 319 g/mol. The van der Waals surface area contributed by atoms with Gasteiger partial charge in [0.2, 0.25) is 11.1 Å². The van der Waals surface area contributed by atoms with E-state index in [0.29, 0.717) is 11.5 Å². The molecular formula is C10H9ClF3N7. The molecule has 112 valence electrons. The first-order valence-corrected chi connectivity index (χ1v) is 6.26. The molecule has 2 N–H and O–H groups in total. The maximum atomic E-state index is 12.8. The maximum Gasteiger partial charge on any atom is 0.451 e. The van der Waals surface area contributed by atoms with E-state index in [1.807, 2.05) is 0 Å². The summed E-state index contributed by atoms with van der Waals surface area (Å²) in [6, 6.07) is 0. The van der Waals surface area contributed by atoms with Crippen LogP contribution < -0.4 is 10.6 Å². The molecule has 3 rings (SSSR count). The minimum atomic E-state index is -4.52. The van der Waals surface area contributed by atoms with Crippen molar-refractivity contribution in [3.05, 3.63) is 23.1 Å². The molecule has 0 amide bonds. The molecule has 11 heteroatoms. The number of fused-ring (bicyclic) bond motifs is 1. The number of alkyl halides is 3. The topological polar surface area (TPSA) is 85.8 Å². The second-order valence-corrected chi connectivity index (χ2v) is 4.77. The van der Waals surface area contributed by atoms with E-state index >= 15 is 0 Å². The Hall–Kier alpha value is -2.10. The molecule has 0 aliphatic carbocycles. The number of aromatic nitrogens is 5. The highest BCUT2D eigenvalue weighted by Crippen LogP contribution is 2.31. The number of hydrogen-bond acceptors (Lipinski definition) is 6. The van der Waals surface area contributed by atoms with E-state index in [1.54, 1.807) is 4.90 Å². The Morgan fingerprint density at radius 3 is 2.71 bits per heavy atom. The molecule has 0 saturated carbocycles. The van der Waals surface area contributed by atoms with Crippen LogP contribution in [-0.2, 0) is 19.3 Å². The zero-order valence-corrected chi connectivity index (χ0v) is 11.2. The van der Waals surface area contributed by atoms with Crippen molar-refractivity contribution < 1.29 is 13.2 Å². The van der Waals surface area contributed by atoms with E-state index < -0.39 is 12.0 Å². The maximum absolute atomic E-state index is 12.8. The van der Waals surface area contributed by atoms with Gasteiger partial charge in [0.25, 0.3) is 0 Å². The summed E-state index contributed by atoms with van der Waals surface area (Å²) in [6.45, 7) is 0.477. The molecule has 3 heterocycles. The number of nitrogen functional groups attached to an aromatic ring is 1. The molecule has 0 radical (unpaired) electrons. The van der Waals surface area contributed by atoms with Gasteiger partial charge in [0.05, 0.1) is 18.4 Å². The van der Waals surface area contributed by atoms with Crippen LogP contribution in [0.25, 0.3) is 0 Å². The second-order valence-electron chi connectivity index (χ2n) is 4.43. The lowest BCUT2D eigenvalue weighted by Crippen LogP contribution is -2.36. The predicted octanol–water partition coefficient (Wildman–Crippen LogP) is 1.34. The minimum Gasteiger partial charge on any atom is -0.394 e. The normalized spacial score (nSPS) is 15.1. The summed E-state index contributed by atoms with van der Waals surface area (Å²) in [5, 5.41) is 6.81. The van der Waals surface area contributed by atoms with Crippen LogP contribution >= 0.6 is 11.6 Å². The Balaban J connectivity index is 1.92. The molecule has 0 atom stereocenters. The Kier molecular flexibility index (Phi) is 3.12. The third-order valence-corrected chi connectivity index (χ3v) is 3.25. The van der Waals surface area contributed by atoms with Gasteiger partial charge >= 0.3 is 6.18 Å². The van der Waals surface area contributed by atoms with E-state index in [-0.39, 0.29) is 30.7 Å². The first-order chi connectivity index (χ1) is 9.86. The largest absolute Gasteiger partial charge is 0.451 e. The van der Waals surface area contributed by atoms with Gasteiger partial charge in [0, 0.05) is 13.1 Å². The van der Waals surface area contributed by atoms with Gasteiger partial charge in [0.15, 0.2) is 11.6 Å². The molecule has 1 aliphatic rings. The van der Waals surface area contributed by atoms with E-state index in [0.717, 1.165) is 4.57 Å². The summed E-state index contributed by atoms with van der Waals surface area (Å²) in [5.74, 6) is -0.425. The molecule has 0 spiro atoms. The highest BCUT2D eigenvalue weighted by Gasteiger charge is 2.39. The molecule has 0 aromatic carbocycles. The number of nitrogens with zero attached hydrogens (tertiary/aromatic N) is 6. The summed E-state index contributed by atoms with van der Waals surface area (Å²) < 4.78 is 39.3. The van der Waals surface area contributed by atoms with E-state index in [1.165, 1.54) is 6.20 Å². The lowest BCUT2D eigenvalue weighted by molar-refractivity contribution is -0.147. The van der Waals surface area contributed by atoms with Gasteiger partial charge in [0.1, 0.15) is 0 Å². The molecule has 2 aromatic heterocycles. The molecule has 1 aliphatic heterocycles. The molecule has 21 heavy (non-hydrogen) atoms. The molecule has 0 bridgehead atoms. The number of hydrogen-bond donors (Lipinski definition) is 1. The molecule has 0 fully saturated rings. The van der Waals surface area contributed by atoms with Crippen molar-refractivity contribution in [1.82, 2.24) is 24.7 Å². The Morgan fingerprint density at radius 2 is 2.00 bits per heavy atom. The van der Waals surface area contributed by atoms with Gasteiger partial charge in [-0.1, -0.05) is 0 Å². The Morgan fingerprint density at radius 1 is 1.24 bits per heavy atom. The minimum absolute atomic E-state index is 0.0159. The standard InChI is InChI=1S/C10H9ClF3N7/c11-9-16-3-5(15)7(17-9)20-1-2-21-6(4-20)18-19-8(21)10(12,13)14/h3H,1-2,4,15H2. The van der Waals surface area contributed by atoms with E-state index in [9.17, 15) is 13.2 Å².